The molecular formula is C56H74N14O9S. The number of benzene rings is 2. The van der Waals surface area contributed by atoms with Gasteiger partial charge in [0.1, 0.15) is 53.0 Å². The van der Waals surface area contributed by atoms with Crippen molar-refractivity contribution < 1.29 is 41.9 Å². The Labute approximate surface area is 466 Å². The van der Waals surface area contributed by atoms with E-state index in [-0.39, 0.29) is 53.8 Å². The molecule has 2 aliphatic heterocycles. The normalized spacial score (nSPS) is 19.8. The maximum absolute atomic E-state index is 14.9. The molecule has 5 amide bonds. The molecule has 5 aromatic rings. The van der Waals surface area contributed by atoms with E-state index in [1.54, 1.807) is 39.1 Å². The predicted octanol–water partition coefficient (Wildman–Crippen LogP) is 4.98. The largest absolute Gasteiger partial charge is 0.491 e. The molecule has 5 heterocycles. The number of likely N-dealkylation sites (tertiary alicyclic amines) is 1. The summed E-state index contributed by atoms with van der Waals surface area (Å²) in [5.74, 6) is -0.355. The van der Waals surface area contributed by atoms with Crippen molar-refractivity contribution in [3.63, 3.8) is 0 Å². The van der Waals surface area contributed by atoms with Crippen LogP contribution in [0.3, 0.4) is 0 Å². The van der Waals surface area contributed by atoms with E-state index in [2.05, 4.69) is 72.6 Å². The van der Waals surface area contributed by atoms with Crippen molar-refractivity contribution in [1.29, 1.82) is 0 Å². The van der Waals surface area contributed by atoms with Gasteiger partial charge in [-0.25, -0.2) is 33.1 Å². The second-order valence-electron chi connectivity index (χ2n) is 22.3. The maximum Gasteiger partial charge on any atom is 0.407 e. The summed E-state index contributed by atoms with van der Waals surface area (Å²) in [6, 6.07) is 8.40. The molecule has 2 aliphatic carbocycles. The number of fused-ring (bicyclic) bond motifs is 2. The number of amides is 5. The minimum atomic E-state index is -3.88. The lowest BCUT2D eigenvalue weighted by molar-refractivity contribution is -0.144. The first-order valence-corrected chi connectivity index (χ1v) is 29.2. The number of aromatic nitrogens is 6. The van der Waals surface area contributed by atoms with E-state index in [1.165, 1.54) is 37.0 Å². The van der Waals surface area contributed by atoms with E-state index in [4.69, 9.17) is 9.47 Å². The molecule has 80 heavy (non-hydrogen) atoms. The van der Waals surface area contributed by atoms with Crippen LogP contribution in [0.2, 0.25) is 0 Å². The van der Waals surface area contributed by atoms with Gasteiger partial charge in [-0.3, -0.25) is 29.2 Å². The van der Waals surface area contributed by atoms with Gasteiger partial charge in [-0.1, -0.05) is 43.5 Å². The van der Waals surface area contributed by atoms with Gasteiger partial charge < -0.3 is 45.9 Å². The number of H-pyrrole nitrogens is 1. The molecule has 0 radical (unpaired) electrons. The summed E-state index contributed by atoms with van der Waals surface area (Å²) in [6.45, 7) is 13.5. The van der Waals surface area contributed by atoms with Gasteiger partial charge in [0.2, 0.25) is 11.8 Å². The Hall–Kier alpha value is -7.47. The molecule has 4 aliphatic rings. The predicted molar refractivity (Wildman–Crippen MR) is 299 cm³/mol. The van der Waals surface area contributed by atoms with Crippen LogP contribution in [-0.4, -0.2) is 160 Å². The second-order valence-corrected chi connectivity index (χ2v) is 25.0. The zero-order valence-electron chi connectivity index (χ0n) is 46.6. The minimum absolute atomic E-state index is 0.00773. The van der Waals surface area contributed by atoms with E-state index in [0.717, 1.165) is 55.3 Å². The highest BCUT2D eigenvalue weighted by molar-refractivity contribution is 7.92. The van der Waals surface area contributed by atoms with Gasteiger partial charge in [0, 0.05) is 75.1 Å². The molecule has 23 nitrogen and oxygen atoms in total. The SMILES string of the molecule is CNC(=O)OC(C)C(=O)NC(C(=O)N1C[C@@H](NC(=O)c2cnc(N3CCN(CCOc4cc5ncnc(Nc6n[nH]c(C)c6C)c5cc4S(=O)(=O)C(C)(C)C)CC3)cn2)C[C@H]1C(=O)N[C@@H]1CCCc2ccccc21)C1CCCCC1. The number of piperazine rings is 1. The van der Waals surface area contributed by atoms with Crippen LogP contribution in [0.25, 0.3) is 10.9 Å². The molecule has 0 bridgehead atoms. The van der Waals surface area contributed by atoms with Gasteiger partial charge in [-0.05, 0) is 103 Å². The van der Waals surface area contributed by atoms with Crippen molar-refractivity contribution in [3.8, 4) is 5.75 Å². The van der Waals surface area contributed by atoms with Crippen LogP contribution in [0.4, 0.5) is 22.2 Å². The standard InChI is InChI=1S/C56H74N14O9S/c1-33-34(2)66-67-49(33)65-50-40-27-46(80(76,77)56(4,5)6)45(28-42(40)60-32-61-50)78-25-24-68-20-22-69(23-21-68)47-30-58-43(29-59-47)52(72)62-38-26-44(53(73)63-41-19-13-17-36-14-11-12-18-39(36)41)70(31-38)54(74)48(37-15-9-8-10-16-37)64-51(71)35(3)79-55(75)57-7/h11-12,14,18,27-30,32,35,37-38,41,44,48H,8-10,13,15-17,19-26,31H2,1-7H3,(H,57,75)(H,62,72)(H,63,73)(H,64,71)(H2,60,61,65,66,67)/t35?,38-,41+,44-,48?/m0/s1. The minimum Gasteiger partial charge on any atom is -0.491 e. The number of sulfone groups is 1. The number of carbonyl (C=O) groups is 5. The number of aryl methyl sites for hydroxylation is 2. The third-order valence-electron chi connectivity index (χ3n) is 16.0. The monoisotopic (exact) mass is 1120 g/mol. The molecule has 2 unspecified atom stereocenters. The number of nitrogens with one attached hydrogen (secondary N) is 6. The van der Waals surface area contributed by atoms with Gasteiger partial charge in [0.05, 0.1) is 28.7 Å². The Morgan fingerprint density at radius 2 is 1.65 bits per heavy atom. The number of nitrogens with zero attached hydrogens (tertiary/aromatic N) is 8. The molecule has 6 N–H and O–H groups in total. The van der Waals surface area contributed by atoms with Crippen LogP contribution < -0.4 is 36.2 Å². The Bertz CT molecular complexity index is 3190. The lowest BCUT2D eigenvalue weighted by atomic mass is 9.83. The van der Waals surface area contributed by atoms with Gasteiger partial charge >= 0.3 is 6.09 Å². The molecule has 428 valence electrons. The third-order valence-corrected chi connectivity index (χ3v) is 18.5. The molecule has 3 fully saturated rings. The van der Waals surface area contributed by atoms with Crippen molar-refractivity contribution in [2.24, 2.45) is 5.92 Å². The van der Waals surface area contributed by atoms with E-state index < -0.39 is 62.6 Å². The Kier molecular flexibility index (Phi) is 17.5. The molecule has 2 aromatic carbocycles. The van der Waals surface area contributed by atoms with E-state index >= 15 is 0 Å². The fourth-order valence-electron chi connectivity index (χ4n) is 11.1. The van der Waals surface area contributed by atoms with Gasteiger partial charge in [-0.15, -0.1) is 0 Å². The maximum atomic E-state index is 14.9. The summed E-state index contributed by atoms with van der Waals surface area (Å²) in [4.78, 5) is 92.7. The van der Waals surface area contributed by atoms with E-state index in [9.17, 15) is 32.4 Å². The van der Waals surface area contributed by atoms with E-state index in [0.29, 0.717) is 73.9 Å². The zero-order chi connectivity index (χ0) is 56.9. The number of anilines is 3. The number of carbonyl (C=O) groups excluding carboxylic acids is 5. The van der Waals surface area contributed by atoms with Crippen LogP contribution in [0.1, 0.15) is 118 Å². The highest BCUT2D eigenvalue weighted by Gasteiger charge is 2.46. The second kappa shape index (κ2) is 24.5. The first kappa shape index (κ1) is 57.2. The van der Waals surface area contributed by atoms with Crippen LogP contribution in [0.15, 0.2) is 60.0 Å². The molecule has 24 heteroatoms. The van der Waals surface area contributed by atoms with Gasteiger partial charge in [0.25, 0.3) is 11.8 Å². The van der Waals surface area contributed by atoms with Crippen molar-refractivity contribution in [2.75, 3.05) is 63.1 Å². The average molecular weight is 1120 g/mol. The summed E-state index contributed by atoms with van der Waals surface area (Å²) >= 11 is 0. The smallest absolute Gasteiger partial charge is 0.407 e. The topological polar surface area (TPSA) is 288 Å². The molecular weight excluding hydrogens is 1040 g/mol. The number of rotatable bonds is 17. The van der Waals surface area contributed by atoms with Gasteiger partial charge in [-0.2, -0.15) is 5.10 Å². The van der Waals surface area contributed by atoms with E-state index in [1.807, 2.05) is 32.0 Å². The van der Waals surface area contributed by atoms with Gasteiger partial charge in [0.15, 0.2) is 21.8 Å². The number of aromatic amines is 1. The Morgan fingerprint density at radius 3 is 2.35 bits per heavy atom. The first-order chi connectivity index (χ1) is 38.3. The van der Waals surface area contributed by atoms with Crippen LogP contribution in [0.5, 0.6) is 5.75 Å². The molecule has 0 spiro atoms. The molecule has 9 rings (SSSR count). The van der Waals surface area contributed by atoms with Crippen molar-refractivity contribution in [3.05, 3.63) is 83.2 Å². The summed E-state index contributed by atoms with van der Waals surface area (Å²) in [7, 11) is -2.49. The van der Waals surface area contributed by atoms with Crippen LogP contribution in [0, 0.1) is 19.8 Å². The number of alkyl carbamates (subject to hydrolysis) is 1. The molecule has 3 aromatic heterocycles. The summed E-state index contributed by atoms with van der Waals surface area (Å²) in [5.41, 5.74) is 4.58. The quantitative estimate of drug-likeness (QED) is 0.0716. The Balaban J connectivity index is 0.835. The summed E-state index contributed by atoms with van der Waals surface area (Å²) < 4.78 is 38.5. The summed E-state index contributed by atoms with van der Waals surface area (Å²) in [5, 5.41) is 22.5. The third kappa shape index (κ3) is 12.8. The zero-order valence-corrected chi connectivity index (χ0v) is 47.5. The molecule has 1 saturated carbocycles. The van der Waals surface area contributed by atoms with Crippen molar-refractivity contribution >= 4 is 67.9 Å². The fraction of sp³-hybridized carbons (Fsp3) is 0.536. The number of hydrogen-bond donors (Lipinski definition) is 6. The van der Waals surface area contributed by atoms with Crippen molar-refractivity contribution in [2.45, 2.75) is 139 Å². The van der Waals surface area contributed by atoms with Crippen LogP contribution >= 0.6 is 0 Å². The lowest BCUT2D eigenvalue weighted by Crippen LogP contribution is -2.58. The first-order valence-electron chi connectivity index (χ1n) is 27.7. The Morgan fingerprint density at radius 1 is 0.887 bits per heavy atom. The highest BCUT2D eigenvalue weighted by Crippen LogP contribution is 2.38. The fourth-order valence-corrected chi connectivity index (χ4v) is 12.4. The number of ether oxygens (including phenoxy) is 2. The molecule has 5 atom stereocenters. The lowest BCUT2D eigenvalue weighted by Gasteiger charge is -2.35. The highest BCUT2D eigenvalue weighted by atomic mass is 32.2. The summed E-state index contributed by atoms with van der Waals surface area (Å²) in [6.07, 6.45) is 9.20. The van der Waals surface area contributed by atoms with Crippen LogP contribution in [-0.2, 0) is 35.4 Å². The molecule has 2 saturated heterocycles. The number of hydrogen-bond acceptors (Lipinski definition) is 17. The average Bonchev–Trinajstić information content (AvgIpc) is 4.08. The van der Waals surface area contributed by atoms with Crippen molar-refractivity contribution in [1.82, 2.24) is 61.2 Å².